The van der Waals surface area contributed by atoms with Gasteiger partial charge in [-0.05, 0) is 30.5 Å². The van der Waals surface area contributed by atoms with Crippen LogP contribution in [0, 0.1) is 0 Å². The maximum Gasteiger partial charge on any atom is 0.135 e. The van der Waals surface area contributed by atoms with Crippen molar-refractivity contribution in [2.45, 2.75) is 39.8 Å². The van der Waals surface area contributed by atoms with Gasteiger partial charge in [0.25, 0.3) is 0 Å². The molecule has 1 N–H and O–H groups in total. The Bertz CT molecular complexity index is 488. The number of aromatic nitrogens is 2. The number of imidazole rings is 1. The summed E-state index contributed by atoms with van der Waals surface area (Å²) in [5, 5.41) is 9.29. The molecule has 0 spiro atoms. The second-order valence-corrected chi connectivity index (χ2v) is 4.01. The number of benzene rings is 1. The summed E-state index contributed by atoms with van der Waals surface area (Å²) < 4.78 is 2.11. The fraction of sp³-hybridized carbons (Fsp3) is 0.462. The topological polar surface area (TPSA) is 38.0 Å². The van der Waals surface area contributed by atoms with Gasteiger partial charge in [-0.2, -0.15) is 0 Å². The summed E-state index contributed by atoms with van der Waals surface area (Å²) in [5.74, 6) is 0.769. The second-order valence-electron chi connectivity index (χ2n) is 4.01. The van der Waals surface area contributed by atoms with E-state index < -0.39 is 0 Å². The van der Waals surface area contributed by atoms with Crippen molar-refractivity contribution >= 4 is 11.0 Å². The van der Waals surface area contributed by atoms with Crippen molar-refractivity contribution in [2.24, 2.45) is 0 Å². The first-order chi connectivity index (χ1) is 7.80. The summed E-state index contributed by atoms with van der Waals surface area (Å²) in [6.45, 7) is 5.19. The van der Waals surface area contributed by atoms with Gasteiger partial charge in [-0.15, -0.1) is 0 Å². The van der Waals surface area contributed by atoms with E-state index in [1.165, 1.54) is 5.56 Å². The Balaban J connectivity index is 2.58. The Hall–Kier alpha value is -1.35. The number of aliphatic hydroxyl groups is 1. The number of aryl methyl sites for hydroxylation is 2. The molecule has 0 unspecified atom stereocenters. The van der Waals surface area contributed by atoms with Gasteiger partial charge < -0.3 is 9.67 Å². The molecular weight excluding hydrogens is 200 g/mol. The van der Waals surface area contributed by atoms with Gasteiger partial charge in [-0.3, -0.25) is 0 Å². The quantitative estimate of drug-likeness (QED) is 0.856. The van der Waals surface area contributed by atoms with Crippen LogP contribution in [0.1, 0.15) is 31.7 Å². The zero-order chi connectivity index (χ0) is 11.5. The van der Waals surface area contributed by atoms with Gasteiger partial charge in [0.05, 0.1) is 11.0 Å². The minimum absolute atomic E-state index is 0.0101. The van der Waals surface area contributed by atoms with Gasteiger partial charge >= 0.3 is 0 Å². The van der Waals surface area contributed by atoms with E-state index in [1.54, 1.807) is 0 Å². The highest BCUT2D eigenvalue weighted by Gasteiger charge is 2.09. The van der Waals surface area contributed by atoms with Crippen molar-refractivity contribution in [1.82, 2.24) is 9.55 Å². The fourth-order valence-electron chi connectivity index (χ4n) is 2.04. The number of aliphatic hydroxyl groups excluding tert-OH is 1. The van der Waals surface area contributed by atoms with E-state index in [-0.39, 0.29) is 6.61 Å². The van der Waals surface area contributed by atoms with E-state index in [1.807, 2.05) is 0 Å². The van der Waals surface area contributed by atoms with E-state index >= 15 is 0 Å². The van der Waals surface area contributed by atoms with E-state index in [0.717, 1.165) is 36.2 Å². The van der Waals surface area contributed by atoms with Crippen LogP contribution in [-0.2, 0) is 19.6 Å². The zero-order valence-corrected chi connectivity index (χ0v) is 9.90. The summed E-state index contributed by atoms with van der Waals surface area (Å²) in [7, 11) is 0. The van der Waals surface area contributed by atoms with Gasteiger partial charge in [0.1, 0.15) is 12.4 Å². The van der Waals surface area contributed by atoms with E-state index in [4.69, 9.17) is 0 Å². The summed E-state index contributed by atoms with van der Waals surface area (Å²) >= 11 is 0. The minimum Gasteiger partial charge on any atom is -0.388 e. The van der Waals surface area contributed by atoms with Crippen LogP contribution in [0.2, 0.25) is 0 Å². The molecule has 0 aliphatic rings. The first-order valence-corrected chi connectivity index (χ1v) is 5.89. The number of rotatable bonds is 4. The van der Waals surface area contributed by atoms with Crippen molar-refractivity contribution in [3.63, 3.8) is 0 Å². The van der Waals surface area contributed by atoms with Crippen LogP contribution in [0.3, 0.4) is 0 Å². The summed E-state index contributed by atoms with van der Waals surface area (Å²) in [6.07, 6.45) is 2.07. The van der Waals surface area contributed by atoms with Crippen LogP contribution in [0.15, 0.2) is 18.2 Å². The average molecular weight is 218 g/mol. The van der Waals surface area contributed by atoms with E-state index in [0.29, 0.717) is 0 Å². The number of hydrogen-bond acceptors (Lipinski definition) is 2. The molecule has 3 nitrogen and oxygen atoms in total. The van der Waals surface area contributed by atoms with E-state index in [9.17, 15) is 5.11 Å². The lowest BCUT2D eigenvalue weighted by atomic mass is 10.1. The van der Waals surface area contributed by atoms with Crippen molar-refractivity contribution in [3.05, 3.63) is 29.6 Å². The molecule has 2 aromatic rings. The highest BCUT2D eigenvalue weighted by atomic mass is 16.3. The van der Waals surface area contributed by atoms with Crippen molar-refractivity contribution in [2.75, 3.05) is 0 Å². The van der Waals surface area contributed by atoms with Crippen molar-refractivity contribution in [1.29, 1.82) is 0 Å². The molecule has 0 bridgehead atoms. The molecule has 0 aliphatic carbocycles. The van der Waals surface area contributed by atoms with Gasteiger partial charge in [-0.25, -0.2) is 4.98 Å². The summed E-state index contributed by atoms with van der Waals surface area (Å²) in [6, 6.07) is 6.36. The smallest absolute Gasteiger partial charge is 0.135 e. The average Bonchev–Trinajstić information content (AvgIpc) is 2.67. The maximum atomic E-state index is 9.29. The lowest BCUT2D eigenvalue weighted by molar-refractivity contribution is 0.265. The Morgan fingerprint density at radius 3 is 2.75 bits per heavy atom. The Morgan fingerprint density at radius 2 is 2.12 bits per heavy atom. The zero-order valence-electron chi connectivity index (χ0n) is 9.90. The molecule has 1 aromatic heterocycles. The molecule has 1 heterocycles. The molecule has 0 saturated carbocycles. The first kappa shape index (κ1) is 11.1. The maximum absolute atomic E-state index is 9.29. The summed E-state index contributed by atoms with van der Waals surface area (Å²) in [5.41, 5.74) is 3.41. The van der Waals surface area contributed by atoms with Crippen LogP contribution in [0.5, 0.6) is 0 Å². The molecule has 0 aliphatic heterocycles. The standard InChI is InChI=1S/C13H18N2O/c1-3-7-15-12-6-5-10(4-2)8-11(12)14-13(15)9-16/h5-6,8,16H,3-4,7,9H2,1-2H3. The molecule has 0 saturated heterocycles. The minimum atomic E-state index is 0.0101. The van der Waals surface area contributed by atoms with Gasteiger partial charge in [0, 0.05) is 6.54 Å². The molecule has 16 heavy (non-hydrogen) atoms. The predicted molar refractivity (Wildman–Crippen MR) is 65.3 cm³/mol. The SMILES string of the molecule is CCCn1c(CO)nc2cc(CC)ccc21. The van der Waals surface area contributed by atoms with Gasteiger partial charge in [-0.1, -0.05) is 19.9 Å². The highest BCUT2D eigenvalue weighted by molar-refractivity contribution is 5.76. The molecule has 0 radical (unpaired) electrons. The lowest BCUT2D eigenvalue weighted by Crippen LogP contribution is -2.02. The third-order valence-corrected chi connectivity index (χ3v) is 2.89. The van der Waals surface area contributed by atoms with E-state index in [2.05, 4.69) is 41.6 Å². The molecule has 1 aromatic carbocycles. The predicted octanol–water partition coefficient (Wildman–Crippen LogP) is 2.50. The number of nitrogens with zero attached hydrogens (tertiary/aromatic N) is 2. The molecule has 0 fully saturated rings. The third kappa shape index (κ3) is 1.83. The Morgan fingerprint density at radius 1 is 1.31 bits per heavy atom. The molecular formula is C13H18N2O. The molecule has 0 amide bonds. The van der Waals surface area contributed by atoms with Crippen LogP contribution in [0.25, 0.3) is 11.0 Å². The lowest BCUT2D eigenvalue weighted by Gasteiger charge is -2.05. The Kier molecular flexibility index (Phi) is 3.25. The van der Waals surface area contributed by atoms with Crippen LogP contribution >= 0.6 is 0 Å². The Labute approximate surface area is 95.7 Å². The third-order valence-electron chi connectivity index (χ3n) is 2.89. The van der Waals surface area contributed by atoms with Gasteiger partial charge in [0.15, 0.2) is 0 Å². The molecule has 2 rings (SSSR count). The van der Waals surface area contributed by atoms with Crippen molar-refractivity contribution < 1.29 is 5.11 Å². The number of fused-ring (bicyclic) bond motifs is 1. The van der Waals surface area contributed by atoms with Crippen molar-refractivity contribution in [3.8, 4) is 0 Å². The highest BCUT2D eigenvalue weighted by Crippen LogP contribution is 2.19. The monoisotopic (exact) mass is 218 g/mol. The van der Waals surface area contributed by atoms with Gasteiger partial charge in [0.2, 0.25) is 0 Å². The molecule has 3 heteroatoms. The number of hydrogen-bond donors (Lipinski definition) is 1. The second kappa shape index (κ2) is 4.66. The summed E-state index contributed by atoms with van der Waals surface area (Å²) in [4.78, 5) is 4.47. The molecule has 0 atom stereocenters. The first-order valence-electron chi connectivity index (χ1n) is 5.89. The fourth-order valence-corrected chi connectivity index (χ4v) is 2.04. The largest absolute Gasteiger partial charge is 0.388 e. The molecule has 86 valence electrons. The van der Waals surface area contributed by atoms with Crippen LogP contribution in [0.4, 0.5) is 0 Å². The van der Waals surface area contributed by atoms with Crippen LogP contribution in [-0.4, -0.2) is 14.7 Å². The van der Waals surface area contributed by atoms with Crippen LogP contribution < -0.4 is 0 Å². The normalized spacial score (nSPS) is 11.2.